The molecule has 0 aliphatic heterocycles. The molecule has 0 aliphatic carbocycles. The highest BCUT2D eigenvalue weighted by molar-refractivity contribution is 6.17. The van der Waals surface area contributed by atoms with Crippen LogP contribution in [0, 0.1) is 0 Å². The molecule has 10 aromatic rings. The highest BCUT2D eigenvalue weighted by Crippen LogP contribution is 2.46. The van der Waals surface area contributed by atoms with E-state index in [0.29, 0.717) is 0 Å². The van der Waals surface area contributed by atoms with Crippen LogP contribution in [0.5, 0.6) is 0 Å². The number of anilines is 3. The molecule has 0 amide bonds. The van der Waals surface area contributed by atoms with Crippen molar-refractivity contribution in [3.8, 4) is 22.3 Å². The molecule has 10 rings (SSSR count). The Kier molecular flexibility index (Phi) is 6.53. The molecule has 0 aliphatic rings. The summed E-state index contributed by atoms with van der Waals surface area (Å²) >= 11 is 0. The zero-order chi connectivity index (χ0) is 33.0. The molecular weight excluding hydrogens is 607 g/mol. The quantitative estimate of drug-likeness (QED) is 0.175. The topological polar surface area (TPSA) is 16.4 Å². The van der Waals surface area contributed by atoms with Gasteiger partial charge < -0.3 is 9.32 Å². The summed E-state index contributed by atoms with van der Waals surface area (Å²) in [5, 5.41) is 9.57. The van der Waals surface area contributed by atoms with E-state index in [1.54, 1.807) is 0 Å². The average molecular weight is 638 g/mol. The number of fused-ring (bicyclic) bond motifs is 7. The third-order valence-electron chi connectivity index (χ3n) is 10.1. The largest absolute Gasteiger partial charge is 0.454 e. The molecule has 0 unspecified atom stereocenters. The van der Waals surface area contributed by atoms with Crippen LogP contribution < -0.4 is 4.90 Å². The van der Waals surface area contributed by atoms with Crippen LogP contribution in [0.3, 0.4) is 0 Å². The van der Waals surface area contributed by atoms with E-state index in [1.807, 2.05) is 6.07 Å². The second-order valence-corrected chi connectivity index (χ2v) is 12.9. The Balaban J connectivity index is 1.19. The van der Waals surface area contributed by atoms with Crippen LogP contribution in [-0.2, 0) is 0 Å². The van der Waals surface area contributed by atoms with Gasteiger partial charge in [0, 0.05) is 21.8 Å². The standard InChI is InChI=1S/C48H31NO/c1-2-13-32(14-3-1)37-29-30-38(40-18-7-6-17-39(37)40)33-25-27-35(28-26-33)49(45-23-12-22-44-43-21-10-11-24-47(43)50-48(44)45)46-31-34-15-4-5-16-36(34)41-19-8-9-20-42(41)46/h1-31H. The Morgan fingerprint density at radius 3 is 1.64 bits per heavy atom. The number of hydrogen-bond donors (Lipinski definition) is 0. The predicted molar refractivity (Wildman–Crippen MR) is 212 cm³/mol. The van der Waals surface area contributed by atoms with Gasteiger partial charge in [0.25, 0.3) is 0 Å². The molecule has 0 fully saturated rings. The monoisotopic (exact) mass is 637 g/mol. The number of benzene rings is 9. The lowest BCUT2D eigenvalue weighted by Crippen LogP contribution is -2.11. The molecule has 50 heavy (non-hydrogen) atoms. The average Bonchev–Trinajstić information content (AvgIpc) is 3.58. The van der Waals surface area contributed by atoms with Crippen LogP contribution in [0.1, 0.15) is 0 Å². The fourth-order valence-electron chi connectivity index (χ4n) is 7.75. The SMILES string of the molecule is c1ccc(-c2ccc(-c3ccc(N(c4cc5ccccc5c5ccccc45)c4cccc5c4oc4ccccc45)cc3)c3ccccc23)cc1. The van der Waals surface area contributed by atoms with Gasteiger partial charge in [0.2, 0.25) is 0 Å². The number of rotatable bonds is 5. The normalized spacial score (nSPS) is 11.6. The first kappa shape index (κ1) is 28.4. The van der Waals surface area contributed by atoms with Crippen molar-refractivity contribution < 1.29 is 4.42 Å². The van der Waals surface area contributed by atoms with E-state index in [4.69, 9.17) is 4.42 Å². The summed E-state index contributed by atoms with van der Waals surface area (Å²) in [5.41, 5.74) is 9.80. The Morgan fingerprint density at radius 2 is 0.900 bits per heavy atom. The second-order valence-electron chi connectivity index (χ2n) is 12.9. The molecule has 0 N–H and O–H groups in total. The molecule has 0 saturated heterocycles. The van der Waals surface area contributed by atoms with Crippen molar-refractivity contribution in [2.24, 2.45) is 0 Å². The van der Waals surface area contributed by atoms with Gasteiger partial charge in [-0.3, -0.25) is 0 Å². The Morgan fingerprint density at radius 1 is 0.340 bits per heavy atom. The van der Waals surface area contributed by atoms with E-state index in [0.717, 1.165) is 39.0 Å². The van der Waals surface area contributed by atoms with Gasteiger partial charge in [-0.25, -0.2) is 0 Å². The summed E-state index contributed by atoms with van der Waals surface area (Å²) in [4.78, 5) is 2.37. The fourth-order valence-corrected chi connectivity index (χ4v) is 7.75. The number of nitrogens with zero attached hydrogens (tertiary/aromatic N) is 1. The van der Waals surface area contributed by atoms with Crippen LogP contribution >= 0.6 is 0 Å². The first-order chi connectivity index (χ1) is 24.8. The van der Waals surface area contributed by atoms with Crippen molar-refractivity contribution in [2.75, 3.05) is 4.90 Å². The molecule has 0 spiro atoms. The van der Waals surface area contributed by atoms with Gasteiger partial charge in [-0.15, -0.1) is 0 Å². The molecule has 1 aromatic heterocycles. The second kappa shape index (κ2) is 11.5. The van der Waals surface area contributed by atoms with Crippen molar-refractivity contribution in [2.45, 2.75) is 0 Å². The zero-order valence-electron chi connectivity index (χ0n) is 27.3. The van der Waals surface area contributed by atoms with Crippen LogP contribution in [0.15, 0.2) is 192 Å². The molecule has 1 heterocycles. The van der Waals surface area contributed by atoms with Gasteiger partial charge in [0.1, 0.15) is 5.58 Å². The molecule has 2 nitrogen and oxygen atoms in total. The van der Waals surface area contributed by atoms with Crippen molar-refractivity contribution in [1.29, 1.82) is 0 Å². The smallest absolute Gasteiger partial charge is 0.159 e. The van der Waals surface area contributed by atoms with Crippen molar-refractivity contribution >= 4 is 71.3 Å². The highest BCUT2D eigenvalue weighted by Gasteiger charge is 2.22. The van der Waals surface area contributed by atoms with Crippen LogP contribution in [0.4, 0.5) is 17.1 Å². The minimum absolute atomic E-state index is 0.873. The van der Waals surface area contributed by atoms with Crippen LogP contribution in [-0.4, -0.2) is 0 Å². The lowest BCUT2D eigenvalue weighted by Gasteiger charge is -2.28. The lowest BCUT2D eigenvalue weighted by molar-refractivity contribution is 0.669. The predicted octanol–water partition coefficient (Wildman–Crippen LogP) is 13.8. The van der Waals surface area contributed by atoms with Crippen LogP contribution in [0.25, 0.3) is 76.5 Å². The Hall–Kier alpha value is -6.64. The molecule has 2 heteroatoms. The third-order valence-corrected chi connectivity index (χ3v) is 10.1. The van der Waals surface area contributed by atoms with Gasteiger partial charge >= 0.3 is 0 Å². The summed E-state index contributed by atoms with van der Waals surface area (Å²) in [6.45, 7) is 0. The van der Waals surface area contributed by atoms with Gasteiger partial charge in [-0.1, -0.05) is 158 Å². The number of furan rings is 1. The van der Waals surface area contributed by atoms with E-state index < -0.39 is 0 Å². The van der Waals surface area contributed by atoms with E-state index in [1.165, 1.54) is 54.6 Å². The molecule has 0 bridgehead atoms. The maximum absolute atomic E-state index is 6.65. The number of para-hydroxylation sites is 2. The number of hydrogen-bond acceptors (Lipinski definition) is 2. The fraction of sp³-hybridized carbons (Fsp3) is 0. The van der Waals surface area contributed by atoms with Gasteiger partial charge in [0.15, 0.2) is 5.58 Å². The lowest BCUT2D eigenvalue weighted by atomic mass is 9.92. The molecule has 9 aromatic carbocycles. The van der Waals surface area contributed by atoms with E-state index in [-0.39, 0.29) is 0 Å². The minimum Gasteiger partial charge on any atom is -0.454 e. The maximum Gasteiger partial charge on any atom is 0.159 e. The minimum atomic E-state index is 0.873. The molecule has 0 atom stereocenters. The third kappa shape index (κ3) is 4.50. The first-order valence-electron chi connectivity index (χ1n) is 17.1. The van der Waals surface area contributed by atoms with Gasteiger partial charge in [-0.2, -0.15) is 0 Å². The van der Waals surface area contributed by atoms with Gasteiger partial charge in [0.05, 0.1) is 11.4 Å². The summed E-state index contributed by atoms with van der Waals surface area (Å²) in [6, 6.07) is 67.4. The van der Waals surface area contributed by atoms with Crippen molar-refractivity contribution in [3.63, 3.8) is 0 Å². The van der Waals surface area contributed by atoms with Crippen LogP contribution in [0.2, 0.25) is 0 Å². The van der Waals surface area contributed by atoms with Crippen molar-refractivity contribution in [1.82, 2.24) is 0 Å². The zero-order valence-corrected chi connectivity index (χ0v) is 27.3. The molecule has 0 saturated carbocycles. The summed E-state index contributed by atoms with van der Waals surface area (Å²) in [7, 11) is 0. The molecular formula is C48H31NO. The molecule has 0 radical (unpaired) electrons. The molecule has 234 valence electrons. The van der Waals surface area contributed by atoms with E-state index in [9.17, 15) is 0 Å². The maximum atomic E-state index is 6.65. The summed E-state index contributed by atoms with van der Waals surface area (Å²) < 4.78 is 6.65. The summed E-state index contributed by atoms with van der Waals surface area (Å²) in [5.74, 6) is 0. The Bertz CT molecular complexity index is 2870. The highest BCUT2D eigenvalue weighted by atomic mass is 16.3. The first-order valence-corrected chi connectivity index (χ1v) is 17.1. The van der Waals surface area contributed by atoms with E-state index >= 15 is 0 Å². The van der Waals surface area contributed by atoms with E-state index in [2.05, 4.69) is 187 Å². The van der Waals surface area contributed by atoms with Gasteiger partial charge in [-0.05, 0) is 79.5 Å². The Labute approximate surface area is 290 Å². The summed E-state index contributed by atoms with van der Waals surface area (Å²) in [6.07, 6.45) is 0. The van der Waals surface area contributed by atoms with Crippen molar-refractivity contribution in [3.05, 3.63) is 188 Å².